The molecule has 0 spiro atoms. The minimum absolute atomic E-state index is 0.0305. The summed E-state index contributed by atoms with van der Waals surface area (Å²) in [5, 5.41) is 0. The van der Waals surface area contributed by atoms with Gasteiger partial charge in [-0.05, 0) is 42.2 Å². The summed E-state index contributed by atoms with van der Waals surface area (Å²) in [5.41, 5.74) is 3.21. The van der Waals surface area contributed by atoms with Gasteiger partial charge in [0.2, 0.25) is 5.91 Å². The number of carbonyl (C=O) groups is 1. The second-order valence-corrected chi connectivity index (χ2v) is 9.53. The lowest BCUT2D eigenvalue weighted by molar-refractivity contribution is -0.116. The van der Waals surface area contributed by atoms with Gasteiger partial charge in [-0.25, -0.2) is 8.42 Å². The molecule has 0 radical (unpaired) electrons. The fraction of sp³-hybridized carbons (Fsp3) is 0.192. The van der Waals surface area contributed by atoms with Crippen LogP contribution in [0.5, 0.6) is 0 Å². The number of carbonyl (C=O) groups excluding carboxylic acids is 1. The van der Waals surface area contributed by atoms with Crippen molar-refractivity contribution in [2.24, 2.45) is 0 Å². The summed E-state index contributed by atoms with van der Waals surface area (Å²) in [6, 6.07) is 26.2. The van der Waals surface area contributed by atoms with Gasteiger partial charge >= 0.3 is 0 Å². The van der Waals surface area contributed by atoms with Crippen molar-refractivity contribution in [3.05, 3.63) is 102 Å². The molecule has 1 amide bonds. The first-order valence-corrected chi connectivity index (χ1v) is 11.9. The molecule has 0 bridgehead atoms. The van der Waals surface area contributed by atoms with E-state index in [1.54, 1.807) is 24.3 Å². The number of amides is 1. The molecular weight excluding hydrogens is 406 g/mol. The Kier molecular flexibility index (Phi) is 7.64. The molecule has 0 atom stereocenters. The van der Waals surface area contributed by atoms with Gasteiger partial charge in [0, 0.05) is 11.3 Å². The lowest BCUT2D eigenvalue weighted by Gasteiger charge is -2.23. The average Bonchev–Trinajstić information content (AvgIpc) is 2.78. The van der Waals surface area contributed by atoms with Gasteiger partial charge in [-0.2, -0.15) is 0 Å². The van der Waals surface area contributed by atoms with E-state index in [0.717, 1.165) is 11.1 Å². The molecule has 3 aromatic carbocycles. The number of terminal acetylenes is 1. The number of sulfone groups is 1. The van der Waals surface area contributed by atoms with Crippen LogP contribution in [-0.4, -0.2) is 25.8 Å². The molecule has 3 rings (SSSR count). The molecule has 31 heavy (non-hydrogen) atoms. The highest BCUT2D eigenvalue weighted by molar-refractivity contribution is 7.92. The highest BCUT2D eigenvalue weighted by atomic mass is 32.2. The molecule has 4 nitrogen and oxygen atoms in total. The summed E-state index contributed by atoms with van der Waals surface area (Å²) in [7, 11) is -3.54. The summed E-state index contributed by atoms with van der Waals surface area (Å²) in [6.07, 6.45) is 6.64. The normalized spacial score (nSPS) is 10.9. The molecule has 0 aliphatic carbocycles. The zero-order chi connectivity index (χ0) is 22.1. The number of benzene rings is 3. The molecule has 3 aromatic rings. The van der Waals surface area contributed by atoms with Gasteiger partial charge in [0.05, 0.1) is 12.3 Å². The molecule has 0 unspecified atom stereocenters. The van der Waals surface area contributed by atoms with Gasteiger partial charge in [0.1, 0.15) is 5.75 Å². The standard InChI is InChI=1S/C26H25NO3S/c1-2-22-15-9-17-25(19-22)27(20-24-13-7-4-8-14-24)26(28)21-31(29,30)18-10-16-23-11-5-3-6-12-23/h1,3-9,11-15,17,19H,10,16,18,20-21H2. The van der Waals surface area contributed by atoms with Crippen molar-refractivity contribution in [3.63, 3.8) is 0 Å². The second kappa shape index (κ2) is 10.6. The van der Waals surface area contributed by atoms with Crippen molar-refractivity contribution in [3.8, 4) is 12.3 Å². The molecule has 0 fully saturated rings. The SMILES string of the molecule is C#Cc1cccc(N(Cc2ccccc2)C(=O)CS(=O)(=O)CCCc2ccccc2)c1. The molecule has 0 aromatic heterocycles. The van der Waals surface area contributed by atoms with Crippen molar-refractivity contribution in [1.29, 1.82) is 0 Å². The van der Waals surface area contributed by atoms with Gasteiger partial charge in [-0.3, -0.25) is 4.79 Å². The Morgan fingerprint density at radius 2 is 1.52 bits per heavy atom. The molecule has 0 aliphatic rings. The van der Waals surface area contributed by atoms with E-state index in [1.807, 2.05) is 60.7 Å². The summed E-state index contributed by atoms with van der Waals surface area (Å²) in [5.74, 6) is 1.54. The molecule has 5 heteroatoms. The lowest BCUT2D eigenvalue weighted by Crippen LogP contribution is -2.36. The van der Waals surface area contributed by atoms with Crippen LogP contribution >= 0.6 is 0 Å². The van der Waals surface area contributed by atoms with E-state index in [0.29, 0.717) is 24.1 Å². The Labute approximate surface area is 184 Å². The van der Waals surface area contributed by atoms with Crippen LogP contribution in [0.2, 0.25) is 0 Å². The van der Waals surface area contributed by atoms with Crippen molar-refractivity contribution in [1.82, 2.24) is 0 Å². The zero-order valence-electron chi connectivity index (χ0n) is 17.3. The molecule has 0 aliphatic heterocycles. The van der Waals surface area contributed by atoms with Crippen LogP contribution in [-0.2, 0) is 27.6 Å². The lowest BCUT2D eigenvalue weighted by atomic mass is 10.1. The van der Waals surface area contributed by atoms with Gasteiger partial charge < -0.3 is 4.90 Å². The van der Waals surface area contributed by atoms with Crippen LogP contribution in [0.3, 0.4) is 0 Å². The predicted octanol–water partition coefficient (Wildman–Crippen LogP) is 4.25. The van der Waals surface area contributed by atoms with E-state index < -0.39 is 21.5 Å². The second-order valence-electron chi connectivity index (χ2n) is 7.34. The molecule has 0 heterocycles. The smallest absolute Gasteiger partial charge is 0.242 e. The maximum Gasteiger partial charge on any atom is 0.242 e. The minimum atomic E-state index is -3.54. The summed E-state index contributed by atoms with van der Waals surface area (Å²) >= 11 is 0. The van der Waals surface area contributed by atoms with E-state index in [4.69, 9.17) is 6.42 Å². The number of nitrogens with zero attached hydrogens (tertiary/aromatic N) is 1. The Hall–Kier alpha value is -3.36. The van der Waals surface area contributed by atoms with Gasteiger partial charge in [-0.1, -0.05) is 72.7 Å². The maximum absolute atomic E-state index is 13.1. The van der Waals surface area contributed by atoms with Crippen LogP contribution < -0.4 is 4.90 Å². The number of anilines is 1. The van der Waals surface area contributed by atoms with Crippen molar-refractivity contribution >= 4 is 21.4 Å². The largest absolute Gasteiger partial charge is 0.307 e. The third-order valence-electron chi connectivity index (χ3n) is 4.92. The molecule has 0 saturated carbocycles. The molecule has 158 valence electrons. The quantitative estimate of drug-likeness (QED) is 0.476. The van der Waals surface area contributed by atoms with E-state index in [-0.39, 0.29) is 12.3 Å². The fourth-order valence-corrected chi connectivity index (χ4v) is 4.59. The third kappa shape index (κ3) is 6.84. The maximum atomic E-state index is 13.1. The van der Waals surface area contributed by atoms with Gasteiger partial charge in [-0.15, -0.1) is 6.42 Å². The first-order chi connectivity index (χ1) is 15.0. The average molecular weight is 432 g/mol. The number of hydrogen-bond acceptors (Lipinski definition) is 3. The topological polar surface area (TPSA) is 54.5 Å². The van der Waals surface area contributed by atoms with E-state index >= 15 is 0 Å². The molecule has 0 saturated heterocycles. The highest BCUT2D eigenvalue weighted by Crippen LogP contribution is 2.20. The van der Waals surface area contributed by atoms with Gasteiger partial charge in [0.25, 0.3) is 0 Å². The summed E-state index contributed by atoms with van der Waals surface area (Å²) in [6.45, 7) is 0.271. The van der Waals surface area contributed by atoms with Crippen molar-refractivity contribution < 1.29 is 13.2 Å². The van der Waals surface area contributed by atoms with Crippen LogP contribution in [0.1, 0.15) is 23.1 Å². The Morgan fingerprint density at radius 1 is 0.871 bits per heavy atom. The Balaban J connectivity index is 1.73. The van der Waals surface area contributed by atoms with Crippen LogP contribution in [0.15, 0.2) is 84.9 Å². The monoisotopic (exact) mass is 431 g/mol. The van der Waals surface area contributed by atoms with Crippen molar-refractivity contribution in [2.45, 2.75) is 19.4 Å². The Morgan fingerprint density at radius 3 is 2.16 bits per heavy atom. The number of hydrogen-bond donors (Lipinski definition) is 0. The Bertz CT molecular complexity index is 1150. The van der Waals surface area contributed by atoms with E-state index in [9.17, 15) is 13.2 Å². The van der Waals surface area contributed by atoms with Crippen molar-refractivity contribution in [2.75, 3.05) is 16.4 Å². The number of rotatable bonds is 9. The van der Waals surface area contributed by atoms with Crippen LogP contribution in [0, 0.1) is 12.3 Å². The molecular formula is C26H25NO3S. The first kappa shape index (κ1) is 22.3. The fourth-order valence-electron chi connectivity index (χ4n) is 3.33. The molecule has 0 N–H and O–H groups in total. The van der Waals surface area contributed by atoms with Gasteiger partial charge in [0.15, 0.2) is 9.84 Å². The van der Waals surface area contributed by atoms with E-state index in [1.165, 1.54) is 4.90 Å². The zero-order valence-corrected chi connectivity index (χ0v) is 18.1. The van der Waals surface area contributed by atoms with E-state index in [2.05, 4.69) is 5.92 Å². The predicted molar refractivity (Wildman–Crippen MR) is 125 cm³/mol. The summed E-state index contributed by atoms with van der Waals surface area (Å²) < 4.78 is 25.3. The minimum Gasteiger partial charge on any atom is -0.307 e. The third-order valence-corrected chi connectivity index (χ3v) is 6.51. The first-order valence-electron chi connectivity index (χ1n) is 10.1. The van der Waals surface area contributed by atoms with Crippen LogP contribution in [0.4, 0.5) is 5.69 Å². The number of aryl methyl sites for hydroxylation is 1. The van der Waals surface area contributed by atoms with Crippen LogP contribution in [0.25, 0.3) is 0 Å². The highest BCUT2D eigenvalue weighted by Gasteiger charge is 2.23. The summed E-state index contributed by atoms with van der Waals surface area (Å²) in [4.78, 5) is 14.6.